The highest BCUT2D eigenvalue weighted by Crippen LogP contribution is 2.29. The highest BCUT2D eigenvalue weighted by atomic mass is 79.9. The number of nitrogens with zero attached hydrogens (tertiary/aromatic N) is 1. The molecule has 0 aliphatic heterocycles. The summed E-state index contributed by atoms with van der Waals surface area (Å²) >= 11 is 3.60. The molecule has 0 aliphatic rings. The minimum Gasteiger partial charge on any atom is -0.384 e. The minimum absolute atomic E-state index is 0.288. The van der Waals surface area contributed by atoms with E-state index < -0.39 is 0 Å². The van der Waals surface area contributed by atoms with Crippen LogP contribution in [0, 0.1) is 5.41 Å². The zero-order valence-corrected chi connectivity index (χ0v) is 11.2. The van der Waals surface area contributed by atoms with Crippen LogP contribution < -0.4 is 5.73 Å². The van der Waals surface area contributed by atoms with Crippen molar-refractivity contribution in [1.82, 2.24) is 4.98 Å². The van der Waals surface area contributed by atoms with Crippen molar-refractivity contribution in [1.29, 1.82) is 0 Å². The summed E-state index contributed by atoms with van der Waals surface area (Å²) in [4.78, 5) is 4.55. The molecular formula is C12H19BrN2. The number of rotatable bonds is 4. The van der Waals surface area contributed by atoms with Gasteiger partial charge in [-0.3, -0.25) is 0 Å². The first-order valence-electron chi connectivity index (χ1n) is 5.23. The Bertz CT molecular complexity index is 321. The Morgan fingerprint density at radius 3 is 2.73 bits per heavy atom. The summed E-state index contributed by atoms with van der Waals surface area (Å²) in [6.45, 7) is 6.74. The standard InChI is InChI=1S/C12H19BrN2/c1-9(13)7-12(2,3)8-10-4-5-15-11(14)6-10/h4-6,9H,7-8H2,1-3H3,(H2,14,15). The van der Waals surface area contributed by atoms with Crippen molar-refractivity contribution in [3.05, 3.63) is 23.9 Å². The third kappa shape index (κ3) is 4.65. The maximum Gasteiger partial charge on any atom is 0.123 e. The molecule has 0 amide bonds. The van der Waals surface area contributed by atoms with Crippen molar-refractivity contribution < 1.29 is 0 Å². The lowest BCUT2D eigenvalue weighted by Crippen LogP contribution is -2.18. The van der Waals surface area contributed by atoms with Gasteiger partial charge < -0.3 is 5.73 Å². The van der Waals surface area contributed by atoms with E-state index in [4.69, 9.17) is 5.73 Å². The van der Waals surface area contributed by atoms with Crippen LogP contribution in [0.3, 0.4) is 0 Å². The summed E-state index contributed by atoms with van der Waals surface area (Å²) in [7, 11) is 0. The monoisotopic (exact) mass is 270 g/mol. The van der Waals surface area contributed by atoms with E-state index >= 15 is 0 Å². The van der Waals surface area contributed by atoms with Crippen LogP contribution in [0.1, 0.15) is 32.8 Å². The molecule has 0 saturated heterocycles. The Hall–Kier alpha value is -0.570. The van der Waals surface area contributed by atoms with E-state index in [1.54, 1.807) is 6.20 Å². The van der Waals surface area contributed by atoms with Gasteiger partial charge in [0.05, 0.1) is 0 Å². The topological polar surface area (TPSA) is 38.9 Å². The number of pyridine rings is 1. The Morgan fingerprint density at radius 1 is 1.53 bits per heavy atom. The lowest BCUT2D eigenvalue weighted by Gasteiger charge is -2.26. The van der Waals surface area contributed by atoms with Crippen LogP contribution in [0.4, 0.5) is 5.82 Å². The fraction of sp³-hybridized carbons (Fsp3) is 0.583. The number of hydrogen-bond donors (Lipinski definition) is 1. The first kappa shape index (κ1) is 12.5. The second kappa shape index (κ2) is 4.97. The third-order valence-electron chi connectivity index (χ3n) is 2.36. The number of nitrogen functional groups attached to an aromatic ring is 1. The van der Waals surface area contributed by atoms with Gasteiger partial charge in [0.2, 0.25) is 0 Å². The molecule has 0 aliphatic carbocycles. The lowest BCUT2D eigenvalue weighted by molar-refractivity contribution is 0.335. The number of aromatic nitrogens is 1. The number of alkyl halides is 1. The van der Waals surface area contributed by atoms with Crippen molar-refractivity contribution in [2.75, 3.05) is 5.73 Å². The lowest BCUT2D eigenvalue weighted by atomic mass is 9.82. The first-order valence-corrected chi connectivity index (χ1v) is 6.15. The zero-order valence-electron chi connectivity index (χ0n) is 9.63. The zero-order chi connectivity index (χ0) is 11.5. The van der Waals surface area contributed by atoms with Crippen molar-refractivity contribution in [3.8, 4) is 0 Å². The van der Waals surface area contributed by atoms with E-state index in [0.717, 1.165) is 12.8 Å². The Labute approximate surface area is 100 Å². The first-order chi connectivity index (χ1) is 6.89. The molecule has 1 aromatic rings. The van der Waals surface area contributed by atoms with Gasteiger partial charge in [0.25, 0.3) is 0 Å². The molecule has 0 fully saturated rings. The van der Waals surface area contributed by atoms with Crippen molar-refractivity contribution in [2.45, 2.75) is 38.4 Å². The highest BCUT2D eigenvalue weighted by Gasteiger charge is 2.20. The van der Waals surface area contributed by atoms with E-state index in [0.29, 0.717) is 10.6 Å². The van der Waals surface area contributed by atoms with Gasteiger partial charge in [-0.1, -0.05) is 36.7 Å². The van der Waals surface area contributed by atoms with E-state index in [9.17, 15) is 0 Å². The fourth-order valence-corrected chi connectivity index (χ4v) is 2.87. The maximum absolute atomic E-state index is 5.66. The molecule has 0 saturated carbocycles. The van der Waals surface area contributed by atoms with E-state index in [2.05, 4.69) is 41.7 Å². The molecule has 15 heavy (non-hydrogen) atoms. The van der Waals surface area contributed by atoms with Gasteiger partial charge in [0.1, 0.15) is 5.82 Å². The molecule has 0 spiro atoms. The van der Waals surface area contributed by atoms with Crippen LogP contribution >= 0.6 is 15.9 Å². The molecular weight excluding hydrogens is 252 g/mol. The molecule has 0 aromatic carbocycles. The Morgan fingerprint density at radius 2 is 2.20 bits per heavy atom. The average Bonchev–Trinajstić information content (AvgIpc) is 1.99. The Balaban J connectivity index is 2.68. The molecule has 0 bridgehead atoms. The van der Waals surface area contributed by atoms with E-state index in [1.165, 1.54) is 5.56 Å². The molecule has 1 unspecified atom stereocenters. The molecule has 1 heterocycles. The minimum atomic E-state index is 0.288. The summed E-state index contributed by atoms with van der Waals surface area (Å²) in [5.74, 6) is 0.607. The summed E-state index contributed by atoms with van der Waals surface area (Å²) in [6, 6.07) is 4.00. The largest absolute Gasteiger partial charge is 0.384 e. The van der Waals surface area contributed by atoms with Gasteiger partial charge in [-0.25, -0.2) is 4.98 Å². The van der Waals surface area contributed by atoms with Gasteiger partial charge in [-0.15, -0.1) is 0 Å². The highest BCUT2D eigenvalue weighted by molar-refractivity contribution is 9.09. The fourth-order valence-electron chi connectivity index (χ4n) is 1.99. The van der Waals surface area contributed by atoms with Crippen molar-refractivity contribution in [3.63, 3.8) is 0 Å². The normalized spacial score (nSPS) is 13.9. The van der Waals surface area contributed by atoms with Crippen LogP contribution in [-0.2, 0) is 6.42 Å². The number of hydrogen-bond acceptors (Lipinski definition) is 2. The summed E-state index contributed by atoms with van der Waals surface area (Å²) in [6.07, 6.45) is 3.96. The van der Waals surface area contributed by atoms with Gasteiger partial charge in [-0.2, -0.15) is 0 Å². The Kier molecular flexibility index (Phi) is 4.14. The SMILES string of the molecule is CC(Br)CC(C)(C)Cc1ccnc(N)c1. The van der Waals surface area contributed by atoms with Gasteiger partial charge in [-0.05, 0) is 36.0 Å². The summed E-state index contributed by atoms with van der Waals surface area (Å²) in [5.41, 5.74) is 7.21. The van der Waals surface area contributed by atoms with Crippen LogP contribution in [0.2, 0.25) is 0 Å². The van der Waals surface area contributed by atoms with Gasteiger partial charge >= 0.3 is 0 Å². The molecule has 1 rings (SSSR count). The number of anilines is 1. The second-order valence-electron chi connectivity index (χ2n) is 4.91. The maximum atomic E-state index is 5.66. The molecule has 0 radical (unpaired) electrons. The molecule has 84 valence electrons. The van der Waals surface area contributed by atoms with E-state index in [-0.39, 0.29) is 5.41 Å². The quantitative estimate of drug-likeness (QED) is 0.852. The second-order valence-corrected chi connectivity index (χ2v) is 6.48. The van der Waals surface area contributed by atoms with Crippen LogP contribution in [0.5, 0.6) is 0 Å². The van der Waals surface area contributed by atoms with E-state index in [1.807, 2.05) is 12.1 Å². The van der Waals surface area contributed by atoms with Crippen molar-refractivity contribution in [2.24, 2.45) is 5.41 Å². The van der Waals surface area contributed by atoms with Crippen LogP contribution in [0.15, 0.2) is 18.3 Å². The number of halogens is 1. The molecule has 1 aromatic heterocycles. The smallest absolute Gasteiger partial charge is 0.123 e. The molecule has 2 nitrogen and oxygen atoms in total. The molecule has 1 atom stereocenters. The average molecular weight is 271 g/mol. The molecule has 2 N–H and O–H groups in total. The van der Waals surface area contributed by atoms with Gasteiger partial charge in [0, 0.05) is 11.0 Å². The predicted octanol–water partition coefficient (Wildman–Crippen LogP) is 3.41. The van der Waals surface area contributed by atoms with Gasteiger partial charge in [0.15, 0.2) is 0 Å². The van der Waals surface area contributed by atoms with Crippen molar-refractivity contribution >= 4 is 21.7 Å². The summed E-state index contributed by atoms with van der Waals surface area (Å²) in [5, 5.41) is 0. The third-order valence-corrected chi connectivity index (χ3v) is 2.69. The number of nitrogens with two attached hydrogens (primary N) is 1. The van der Waals surface area contributed by atoms with Crippen LogP contribution in [-0.4, -0.2) is 9.81 Å². The molecule has 3 heteroatoms. The van der Waals surface area contributed by atoms with Crippen LogP contribution in [0.25, 0.3) is 0 Å². The predicted molar refractivity (Wildman–Crippen MR) is 69.1 cm³/mol. The summed E-state index contributed by atoms with van der Waals surface area (Å²) < 4.78 is 0.